The van der Waals surface area contributed by atoms with Gasteiger partial charge < -0.3 is 10.1 Å². The summed E-state index contributed by atoms with van der Waals surface area (Å²) >= 11 is 0. The third kappa shape index (κ3) is 4.74. The summed E-state index contributed by atoms with van der Waals surface area (Å²) in [6.07, 6.45) is 0. The zero-order valence-electron chi connectivity index (χ0n) is 12.1. The van der Waals surface area contributed by atoms with Gasteiger partial charge in [0.05, 0.1) is 17.1 Å². The Bertz CT molecular complexity index is 486. The smallest absolute Gasteiger partial charge is 0.156 e. The third-order valence-corrected chi connectivity index (χ3v) is 5.41. The van der Waals surface area contributed by atoms with Crippen molar-refractivity contribution in [2.45, 2.75) is 32.4 Å². The van der Waals surface area contributed by atoms with Gasteiger partial charge in [0.2, 0.25) is 0 Å². The van der Waals surface area contributed by atoms with E-state index in [1.165, 1.54) is 0 Å². The fourth-order valence-electron chi connectivity index (χ4n) is 1.47. The molecule has 0 radical (unpaired) electrons. The fraction of sp³-hybridized carbons (Fsp3) is 0.571. The van der Waals surface area contributed by atoms with Gasteiger partial charge in [-0.1, -0.05) is 0 Å². The van der Waals surface area contributed by atoms with Crippen molar-refractivity contribution >= 4 is 15.5 Å². The average Bonchev–Trinajstić information content (AvgIpc) is 2.30. The minimum atomic E-state index is -3.07. The first-order chi connectivity index (χ1) is 8.76. The topological polar surface area (TPSA) is 55.4 Å². The molecule has 0 unspecified atom stereocenters. The summed E-state index contributed by atoms with van der Waals surface area (Å²) < 4.78 is 28.5. The molecule has 1 aromatic carbocycles. The normalized spacial score (nSPS) is 12.2. The Hall–Kier alpha value is -1.23. The molecule has 0 spiro atoms. The van der Waals surface area contributed by atoms with Gasteiger partial charge in [-0.15, -0.1) is 0 Å². The van der Waals surface area contributed by atoms with Gasteiger partial charge >= 0.3 is 0 Å². The minimum absolute atomic E-state index is 0.129. The van der Waals surface area contributed by atoms with E-state index in [-0.39, 0.29) is 5.75 Å². The average molecular weight is 285 g/mol. The lowest BCUT2D eigenvalue weighted by molar-refractivity contribution is 0.340. The molecule has 0 fully saturated rings. The molecule has 0 aliphatic carbocycles. The van der Waals surface area contributed by atoms with Crippen LogP contribution < -0.4 is 10.1 Å². The van der Waals surface area contributed by atoms with Crippen molar-refractivity contribution in [1.29, 1.82) is 0 Å². The van der Waals surface area contributed by atoms with Crippen LogP contribution in [-0.2, 0) is 9.84 Å². The van der Waals surface area contributed by atoms with Crippen molar-refractivity contribution in [3.8, 4) is 5.75 Å². The van der Waals surface area contributed by atoms with E-state index in [1.54, 1.807) is 20.8 Å². The Kier molecular flexibility index (Phi) is 5.23. The van der Waals surface area contributed by atoms with Crippen LogP contribution in [-0.4, -0.2) is 32.1 Å². The first-order valence-electron chi connectivity index (χ1n) is 6.45. The molecule has 4 nitrogen and oxygen atoms in total. The lowest BCUT2D eigenvalue weighted by Gasteiger charge is -2.19. The van der Waals surface area contributed by atoms with Crippen molar-refractivity contribution in [3.63, 3.8) is 0 Å². The van der Waals surface area contributed by atoms with E-state index in [1.807, 2.05) is 31.2 Å². The molecule has 19 heavy (non-hydrogen) atoms. The van der Waals surface area contributed by atoms with Crippen LogP contribution in [0.2, 0.25) is 0 Å². The Morgan fingerprint density at radius 3 is 2.21 bits per heavy atom. The van der Waals surface area contributed by atoms with E-state index in [9.17, 15) is 8.42 Å². The number of ether oxygens (including phenoxy) is 1. The first kappa shape index (κ1) is 15.8. The molecule has 0 atom stereocenters. The molecule has 5 heteroatoms. The van der Waals surface area contributed by atoms with Gasteiger partial charge in [-0.3, -0.25) is 0 Å². The Labute approximate surface area is 116 Å². The summed E-state index contributed by atoms with van der Waals surface area (Å²) in [5, 5.41) is 3.11. The Morgan fingerprint density at radius 1 is 1.16 bits per heavy atom. The molecule has 1 rings (SSSR count). The Balaban J connectivity index is 2.50. The molecule has 108 valence electrons. The molecule has 0 aromatic heterocycles. The molecule has 1 aromatic rings. The molecule has 0 aliphatic heterocycles. The van der Waals surface area contributed by atoms with Gasteiger partial charge in [-0.05, 0) is 52.0 Å². The molecule has 0 saturated carbocycles. The summed E-state index contributed by atoms with van der Waals surface area (Å²) in [5.74, 6) is 0.944. The molecular weight excluding hydrogens is 262 g/mol. The molecular formula is C14H23NO3S. The van der Waals surface area contributed by atoms with Crippen LogP contribution in [0.5, 0.6) is 5.75 Å². The second-order valence-electron chi connectivity index (χ2n) is 5.32. The summed E-state index contributed by atoms with van der Waals surface area (Å²) in [4.78, 5) is 0. The maximum atomic E-state index is 11.9. The van der Waals surface area contributed by atoms with Crippen molar-refractivity contribution in [2.24, 2.45) is 0 Å². The van der Waals surface area contributed by atoms with Gasteiger partial charge in [0, 0.05) is 12.2 Å². The number of rotatable bonds is 6. The van der Waals surface area contributed by atoms with Gasteiger partial charge in [0.25, 0.3) is 0 Å². The molecule has 0 saturated heterocycles. The van der Waals surface area contributed by atoms with E-state index < -0.39 is 14.6 Å². The van der Waals surface area contributed by atoms with E-state index in [4.69, 9.17) is 4.74 Å². The minimum Gasteiger partial charge on any atom is -0.494 e. The van der Waals surface area contributed by atoms with Crippen molar-refractivity contribution in [3.05, 3.63) is 24.3 Å². The van der Waals surface area contributed by atoms with Crippen LogP contribution in [0.25, 0.3) is 0 Å². The molecule has 0 aliphatic rings. The SMILES string of the molecule is CCOc1ccc(NCCS(=O)(=O)C(C)(C)C)cc1. The second kappa shape index (κ2) is 6.28. The molecule has 0 amide bonds. The van der Waals surface area contributed by atoms with E-state index in [0.717, 1.165) is 11.4 Å². The highest BCUT2D eigenvalue weighted by atomic mass is 32.2. The molecule has 1 N–H and O–H groups in total. The summed E-state index contributed by atoms with van der Waals surface area (Å²) in [6.45, 7) is 8.14. The predicted molar refractivity (Wildman–Crippen MR) is 79.6 cm³/mol. The number of sulfone groups is 1. The zero-order chi connectivity index (χ0) is 14.5. The van der Waals surface area contributed by atoms with Crippen LogP contribution in [0, 0.1) is 0 Å². The quantitative estimate of drug-likeness (QED) is 0.873. The van der Waals surface area contributed by atoms with Gasteiger partial charge in [-0.25, -0.2) is 8.42 Å². The van der Waals surface area contributed by atoms with E-state index in [2.05, 4.69) is 5.32 Å². The maximum Gasteiger partial charge on any atom is 0.156 e. The number of hydrogen-bond donors (Lipinski definition) is 1. The van der Waals surface area contributed by atoms with Crippen molar-refractivity contribution in [2.75, 3.05) is 24.2 Å². The highest BCUT2D eigenvalue weighted by Gasteiger charge is 2.28. The maximum absolute atomic E-state index is 11.9. The summed E-state index contributed by atoms with van der Waals surface area (Å²) in [6, 6.07) is 7.50. The first-order valence-corrected chi connectivity index (χ1v) is 8.10. The largest absolute Gasteiger partial charge is 0.494 e. The van der Waals surface area contributed by atoms with Gasteiger partial charge in [0.1, 0.15) is 5.75 Å². The van der Waals surface area contributed by atoms with Crippen LogP contribution in [0.4, 0.5) is 5.69 Å². The number of anilines is 1. The summed E-state index contributed by atoms with van der Waals surface area (Å²) in [5.41, 5.74) is 0.896. The van der Waals surface area contributed by atoms with Crippen LogP contribution >= 0.6 is 0 Å². The zero-order valence-corrected chi connectivity index (χ0v) is 12.9. The number of nitrogens with one attached hydrogen (secondary N) is 1. The van der Waals surface area contributed by atoms with E-state index in [0.29, 0.717) is 13.2 Å². The second-order valence-corrected chi connectivity index (χ2v) is 8.18. The number of benzene rings is 1. The monoisotopic (exact) mass is 285 g/mol. The van der Waals surface area contributed by atoms with Crippen LogP contribution in [0.1, 0.15) is 27.7 Å². The van der Waals surface area contributed by atoms with Crippen molar-refractivity contribution in [1.82, 2.24) is 0 Å². The molecule has 0 bridgehead atoms. The highest BCUT2D eigenvalue weighted by molar-refractivity contribution is 7.92. The van der Waals surface area contributed by atoms with Crippen LogP contribution in [0.3, 0.4) is 0 Å². The van der Waals surface area contributed by atoms with Gasteiger partial charge in [-0.2, -0.15) is 0 Å². The highest BCUT2D eigenvalue weighted by Crippen LogP contribution is 2.17. The number of hydrogen-bond acceptors (Lipinski definition) is 4. The van der Waals surface area contributed by atoms with E-state index >= 15 is 0 Å². The summed E-state index contributed by atoms with van der Waals surface area (Å²) in [7, 11) is -3.07. The standard InChI is InChI=1S/C14H23NO3S/c1-5-18-13-8-6-12(7-9-13)15-10-11-19(16,17)14(2,3)4/h6-9,15H,5,10-11H2,1-4H3. The third-order valence-electron chi connectivity index (χ3n) is 2.80. The van der Waals surface area contributed by atoms with Crippen molar-refractivity contribution < 1.29 is 13.2 Å². The van der Waals surface area contributed by atoms with Gasteiger partial charge in [0.15, 0.2) is 9.84 Å². The predicted octanol–water partition coefficient (Wildman–Crippen LogP) is 2.71. The van der Waals surface area contributed by atoms with Crippen LogP contribution in [0.15, 0.2) is 24.3 Å². The fourth-order valence-corrected chi connectivity index (χ4v) is 2.45. The Morgan fingerprint density at radius 2 is 1.74 bits per heavy atom. The lowest BCUT2D eigenvalue weighted by atomic mass is 10.3. The lowest BCUT2D eigenvalue weighted by Crippen LogP contribution is -2.32. The molecule has 0 heterocycles.